The smallest absolute Gasteiger partial charge is 0.370 e. The van der Waals surface area contributed by atoms with Crippen molar-refractivity contribution in [3.8, 4) is 6.07 Å². The van der Waals surface area contributed by atoms with Crippen LogP contribution in [0.2, 0.25) is 0 Å². The summed E-state index contributed by atoms with van der Waals surface area (Å²) in [6, 6.07) is 5.18. The topological polar surface area (TPSA) is 90.4 Å². The molecule has 1 unspecified atom stereocenters. The average Bonchev–Trinajstić information content (AvgIpc) is 3.06. The predicted molar refractivity (Wildman–Crippen MR) is 104 cm³/mol. The van der Waals surface area contributed by atoms with Gasteiger partial charge in [0.25, 0.3) is 0 Å². The Balaban J connectivity index is 1.87. The number of amides is 2. The number of nitrogens with two attached hydrogens (primary N) is 1. The number of likely N-dealkylation sites (tertiary alicyclic amines) is 1. The standard InChI is InChI=1S/C21H25F3N4O2/c1-13(2)19(30)27-7-5-20(6-8-27)12-28(11-17(20)18(26)29)15-4-3-14(10-25)16(9-15)21(22,23)24/h3-4,9,13,17H,5-8,11-12H2,1-2H3,(H2,26,29). The number of halogens is 3. The molecule has 0 aliphatic carbocycles. The monoisotopic (exact) mass is 422 g/mol. The summed E-state index contributed by atoms with van der Waals surface area (Å²) >= 11 is 0. The summed E-state index contributed by atoms with van der Waals surface area (Å²) in [4.78, 5) is 28.0. The first-order chi connectivity index (χ1) is 14.0. The Morgan fingerprint density at radius 3 is 2.40 bits per heavy atom. The van der Waals surface area contributed by atoms with Gasteiger partial charge in [-0.15, -0.1) is 0 Å². The highest BCUT2D eigenvalue weighted by atomic mass is 19.4. The fourth-order valence-corrected chi connectivity index (χ4v) is 4.66. The van der Waals surface area contributed by atoms with Crippen LogP contribution < -0.4 is 10.6 Å². The Hall–Kier alpha value is -2.76. The van der Waals surface area contributed by atoms with Crippen LogP contribution >= 0.6 is 0 Å². The number of nitrogens with zero attached hydrogens (tertiary/aromatic N) is 3. The molecule has 3 rings (SSSR count). The van der Waals surface area contributed by atoms with Crippen LogP contribution in [0.3, 0.4) is 0 Å². The molecule has 2 N–H and O–H groups in total. The summed E-state index contributed by atoms with van der Waals surface area (Å²) in [5, 5.41) is 9.00. The lowest BCUT2D eigenvalue weighted by Gasteiger charge is -2.42. The number of hydrogen-bond acceptors (Lipinski definition) is 4. The molecule has 0 bridgehead atoms. The van der Waals surface area contributed by atoms with Crippen molar-refractivity contribution in [3.63, 3.8) is 0 Å². The first-order valence-electron chi connectivity index (χ1n) is 9.93. The van der Waals surface area contributed by atoms with Crippen LogP contribution in [-0.2, 0) is 15.8 Å². The SMILES string of the molecule is CC(C)C(=O)N1CCC2(CC1)CN(c1ccc(C#N)c(C(F)(F)F)c1)CC2C(N)=O. The molecule has 2 aliphatic rings. The fraction of sp³-hybridized carbons (Fsp3) is 0.571. The van der Waals surface area contributed by atoms with Gasteiger partial charge >= 0.3 is 6.18 Å². The first kappa shape index (κ1) is 21.9. The third-order valence-electron chi connectivity index (χ3n) is 6.35. The van der Waals surface area contributed by atoms with Crippen LogP contribution in [0.25, 0.3) is 0 Å². The van der Waals surface area contributed by atoms with Crippen LogP contribution in [-0.4, -0.2) is 42.9 Å². The van der Waals surface area contributed by atoms with E-state index in [9.17, 15) is 22.8 Å². The zero-order chi connectivity index (χ0) is 22.3. The van der Waals surface area contributed by atoms with E-state index in [1.807, 2.05) is 13.8 Å². The molecule has 1 aromatic rings. The molecule has 162 valence electrons. The van der Waals surface area contributed by atoms with Gasteiger partial charge in [-0.1, -0.05) is 13.8 Å². The van der Waals surface area contributed by atoms with E-state index in [2.05, 4.69) is 0 Å². The van der Waals surface area contributed by atoms with Gasteiger partial charge in [-0.25, -0.2) is 0 Å². The highest BCUT2D eigenvalue weighted by Gasteiger charge is 2.51. The molecule has 2 aliphatic heterocycles. The van der Waals surface area contributed by atoms with Gasteiger partial charge in [0, 0.05) is 43.2 Å². The minimum Gasteiger partial charge on any atom is -0.370 e. The van der Waals surface area contributed by atoms with Crippen molar-refractivity contribution in [3.05, 3.63) is 29.3 Å². The molecule has 6 nitrogen and oxygen atoms in total. The van der Waals surface area contributed by atoms with Crippen LogP contribution in [0.5, 0.6) is 0 Å². The van der Waals surface area contributed by atoms with Gasteiger partial charge in [0.15, 0.2) is 0 Å². The third kappa shape index (κ3) is 3.95. The summed E-state index contributed by atoms with van der Waals surface area (Å²) in [5.74, 6) is -1.06. The van der Waals surface area contributed by atoms with E-state index in [4.69, 9.17) is 11.0 Å². The number of nitriles is 1. The zero-order valence-corrected chi connectivity index (χ0v) is 17.0. The summed E-state index contributed by atoms with van der Waals surface area (Å²) in [6.07, 6.45) is -3.51. The van der Waals surface area contributed by atoms with E-state index in [-0.39, 0.29) is 18.4 Å². The van der Waals surface area contributed by atoms with Gasteiger partial charge in [-0.05, 0) is 31.0 Å². The number of anilines is 1. The molecule has 1 atom stereocenters. The van der Waals surface area contributed by atoms with E-state index >= 15 is 0 Å². The molecule has 9 heteroatoms. The van der Waals surface area contributed by atoms with Crippen molar-refractivity contribution in [2.75, 3.05) is 31.1 Å². The molecule has 2 saturated heterocycles. The molecule has 0 aromatic heterocycles. The van der Waals surface area contributed by atoms with Crippen molar-refractivity contribution >= 4 is 17.5 Å². The molecular formula is C21H25F3N4O2. The number of carbonyl (C=O) groups excluding carboxylic acids is 2. The fourth-order valence-electron chi connectivity index (χ4n) is 4.66. The third-order valence-corrected chi connectivity index (χ3v) is 6.35. The van der Waals surface area contributed by atoms with E-state index in [1.54, 1.807) is 15.9 Å². The molecule has 1 spiro atoms. The summed E-state index contributed by atoms with van der Waals surface area (Å²) in [5.41, 5.74) is 4.06. The number of piperidine rings is 1. The molecular weight excluding hydrogens is 397 g/mol. The van der Waals surface area contributed by atoms with Crippen molar-refractivity contribution in [2.45, 2.75) is 32.9 Å². The second-order valence-electron chi connectivity index (χ2n) is 8.52. The van der Waals surface area contributed by atoms with Gasteiger partial charge in [0.05, 0.1) is 23.1 Å². The second kappa shape index (κ2) is 7.82. The van der Waals surface area contributed by atoms with Crippen molar-refractivity contribution in [1.82, 2.24) is 4.90 Å². The maximum atomic E-state index is 13.4. The Kier molecular flexibility index (Phi) is 5.72. The number of benzene rings is 1. The Labute approximate surface area is 173 Å². The van der Waals surface area contributed by atoms with Gasteiger partial charge < -0.3 is 15.5 Å². The van der Waals surface area contributed by atoms with E-state index in [0.717, 1.165) is 12.1 Å². The van der Waals surface area contributed by atoms with Crippen molar-refractivity contribution in [1.29, 1.82) is 5.26 Å². The largest absolute Gasteiger partial charge is 0.417 e. The minimum atomic E-state index is -4.65. The number of alkyl halides is 3. The quantitative estimate of drug-likeness (QED) is 0.811. The maximum absolute atomic E-state index is 13.4. The lowest BCUT2D eigenvalue weighted by Crippen LogP contribution is -2.49. The minimum absolute atomic E-state index is 0.0530. The maximum Gasteiger partial charge on any atom is 0.417 e. The molecule has 2 heterocycles. The number of primary amides is 1. The molecule has 2 amide bonds. The van der Waals surface area contributed by atoms with Gasteiger partial charge in [0.1, 0.15) is 0 Å². The van der Waals surface area contributed by atoms with E-state index in [1.165, 1.54) is 6.07 Å². The predicted octanol–water partition coefficient (Wildman–Crippen LogP) is 2.76. The molecule has 2 fully saturated rings. The van der Waals surface area contributed by atoms with E-state index in [0.29, 0.717) is 38.2 Å². The lowest BCUT2D eigenvalue weighted by molar-refractivity contribution is -0.138. The lowest BCUT2D eigenvalue weighted by atomic mass is 9.70. The number of carbonyl (C=O) groups is 2. The van der Waals surface area contributed by atoms with Gasteiger partial charge in [0.2, 0.25) is 11.8 Å². The normalized spacial score (nSPS) is 21.2. The number of hydrogen-bond donors (Lipinski definition) is 1. The van der Waals surface area contributed by atoms with Gasteiger partial charge in [-0.3, -0.25) is 9.59 Å². The summed E-state index contributed by atoms with van der Waals surface area (Å²) < 4.78 is 40.1. The van der Waals surface area contributed by atoms with E-state index < -0.39 is 34.5 Å². The van der Waals surface area contributed by atoms with Gasteiger partial charge in [-0.2, -0.15) is 18.4 Å². The molecule has 0 saturated carbocycles. The zero-order valence-electron chi connectivity index (χ0n) is 17.0. The Bertz CT molecular complexity index is 883. The van der Waals surface area contributed by atoms with Crippen LogP contribution in [0.15, 0.2) is 18.2 Å². The Morgan fingerprint density at radius 2 is 1.90 bits per heavy atom. The van der Waals surface area contributed by atoms with Crippen LogP contribution in [0.1, 0.15) is 37.8 Å². The first-order valence-corrected chi connectivity index (χ1v) is 9.93. The van der Waals surface area contributed by atoms with Crippen molar-refractivity contribution < 1.29 is 22.8 Å². The molecule has 0 radical (unpaired) electrons. The Morgan fingerprint density at radius 1 is 1.27 bits per heavy atom. The second-order valence-corrected chi connectivity index (χ2v) is 8.52. The van der Waals surface area contributed by atoms with Crippen LogP contribution in [0, 0.1) is 28.6 Å². The van der Waals surface area contributed by atoms with Crippen molar-refractivity contribution in [2.24, 2.45) is 23.0 Å². The molecule has 1 aromatic carbocycles. The highest BCUT2D eigenvalue weighted by Crippen LogP contribution is 2.46. The molecule has 30 heavy (non-hydrogen) atoms. The summed E-state index contributed by atoms with van der Waals surface area (Å²) in [6.45, 7) is 5.26. The highest BCUT2D eigenvalue weighted by molar-refractivity contribution is 5.80. The summed E-state index contributed by atoms with van der Waals surface area (Å²) in [7, 11) is 0. The van der Waals surface area contributed by atoms with Crippen LogP contribution in [0.4, 0.5) is 18.9 Å². The average molecular weight is 422 g/mol. The number of rotatable bonds is 3.